The molecule has 0 radical (unpaired) electrons. The van der Waals surface area contributed by atoms with Crippen molar-refractivity contribution in [2.45, 2.75) is 61.9 Å². The van der Waals surface area contributed by atoms with E-state index in [4.69, 9.17) is 37.6 Å². The molecule has 0 bridgehead atoms. The van der Waals surface area contributed by atoms with Gasteiger partial charge in [-0.05, 0) is 109 Å². The minimum Gasteiger partial charge on any atom is -0.489 e. The van der Waals surface area contributed by atoms with E-state index in [1.165, 1.54) is 28.6 Å². The molecule has 0 atom stereocenters. The van der Waals surface area contributed by atoms with E-state index in [2.05, 4.69) is 54.5 Å². The molecule has 3 aromatic carbocycles. The molecule has 2 N–H and O–H groups in total. The van der Waals surface area contributed by atoms with Crippen LogP contribution in [0.3, 0.4) is 0 Å². The zero-order chi connectivity index (χ0) is 25.5. The standard InChI is InChI=1S/C30H28Cl2N2O2S/c1-17-12-22(10-11-24(17)21-13-20(14-21)19-4-2-5-23(15-19)37-33)35-16-25-29(34-36-30(25)18-8-9-18)28-26(31)6-3-7-27(28)32/h2-7,10-12,15,18,20-21H,8-9,13-14,16,33H2,1H3. The predicted octanol–water partition coefficient (Wildman–Crippen LogP) is 9.04. The van der Waals surface area contributed by atoms with Gasteiger partial charge < -0.3 is 9.26 Å². The van der Waals surface area contributed by atoms with Crippen molar-refractivity contribution in [3.05, 3.63) is 98.7 Å². The molecular weight excluding hydrogens is 523 g/mol. The van der Waals surface area contributed by atoms with Gasteiger partial charge in [-0.3, -0.25) is 5.14 Å². The van der Waals surface area contributed by atoms with Gasteiger partial charge in [0.25, 0.3) is 0 Å². The summed E-state index contributed by atoms with van der Waals surface area (Å²) in [5, 5.41) is 11.2. The van der Waals surface area contributed by atoms with Gasteiger partial charge in [0.2, 0.25) is 0 Å². The van der Waals surface area contributed by atoms with E-state index in [1.54, 1.807) is 0 Å². The number of hydrogen-bond donors (Lipinski definition) is 1. The van der Waals surface area contributed by atoms with Crippen molar-refractivity contribution in [1.29, 1.82) is 0 Å². The molecule has 37 heavy (non-hydrogen) atoms. The second-order valence-electron chi connectivity index (χ2n) is 10.1. The number of hydrogen-bond acceptors (Lipinski definition) is 5. The number of ether oxygens (including phenoxy) is 1. The fourth-order valence-electron chi connectivity index (χ4n) is 5.39. The highest BCUT2D eigenvalue weighted by molar-refractivity contribution is 7.97. The summed E-state index contributed by atoms with van der Waals surface area (Å²) in [6, 6.07) is 20.5. The maximum atomic E-state index is 6.50. The Hall–Kier alpha value is -2.44. The summed E-state index contributed by atoms with van der Waals surface area (Å²) in [5.41, 5.74) is 6.34. The van der Waals surface area contributed by atoms with Gasteiger partial charge >= 0.3 is 0 Å². The Morgan fingerprint density at radius 3 is 2.43 bits per heavy atom. The lowest BCUT2D eigenvalue weighted by Gasteiger charge is -2.37. The highest BCUT2D eigenvalue weighted by atomic mass is 35.5. The first-order valence-electron chi connectivity index (χ1n) is 12.6. The molecule has 4 nitrogen and oxygen atoms in total. The molecular formula is C30H28Cl2N2O2S. The van der Waals surface area contributed by atoms with Crippen LogP contribution in [0.4, 0.5) is 0 Å². The summed E-state index contributed by atoms with van der Waals surface area (Å²) in [4.78, 5) is 1.12. The molecule has 6 rings (SSSR count). The van der Waals surface area contributed by atoms with Crippen LogP contribution in [0.5, 0.6) is 5.75 Å². The van der Waals surface area contributed by atoms with E-state index in [0.29, 0.717) is 45.7 Å². The molecule has 2 fully saturated rings. The Morgan fingerprint density at radius 2 is 1.73 bits per heavy atom. The average Bonchev–Trinajstić information content (AvgIpc) is 3.63. The second kappa shape index (κ2) is 10.4. The second-order valence-corrected chi connectivity index (χ2v) is 11.6. The number of nitrogens with zero attached hydrogens (tertiary/aromatic N) is 1. The van der Waals surface area contributed by atoms with Gasteiger partial charge in [0, 0.05) is 16.4 Å². The van der Waals surface area contributed by atoms with Gasteiger partial charge in [0.05, 0.1) is 15.6 Å². The summed E-state index contributed by atoms with van der Waals surface area (Å²) in [6.45, 7) is 2.52. The van der Waals surface area contributed by atoms with Gasteiger partial charge in [-0.25, -0.2) is 0 Å². The Labute approximate surface area is 231 Å². The van der Waals surface area contributed by atoms with Crippen LogP contribution in [0.2, 0.25) is 10.0 Å². The fraction of sp³-hybridized carbons (Fsp3) is 0.300. The summed E-state index contributed by atoms with van der Waals surface area (Å²) < 4.78 is 12.1. The molecule has 190 valence electrons. The topological polar surface area (TPSA) is 61.3 Å². The summed E-state index contributed by atoms with van der Waals surface area (Å²) in [5.74, 6) is 3.28. The molecule has 2 saturated carbocycles. The molecule has 2 aliphatic rings. The van der Waals surface area contributed by atoms with Crippen molar-refractivity contribution in [3.63, 3.8) is 0 Å². The number of halogens is 2. The summed E-state index contributed by atoms with van der Waals surface area (Å²) in [7, 11) is 0. The van der Waals surface area contributed by atoms with Gasteiger partial charge in [-0.2, -0.15) is 0 Å². The maximum absolute atomic E-state index is 6.50. The van der Waals surface area contributed by atoms with Crippen LogP contribution >= 0.6 is 35.1 Å². The number of rotatable bonds is 8. The molecule has 0 saturated heterocycles. The molecule has 1 aromatic heterocycles. The van der Waals surface area contributed by atoms with Crippen molar-refractivity contribution in [3.8, 4) is 17.0 Å². The van der Waals surface area contributed by atoms with Gasteiger partial charge in [0.15, 0.2) is 0 Å². The zero-order valence-corrected chi connectivity index (χ0v) is 22.9. The highest BCUT2D eigenvalue weighted by Crippen LogP contribution is 2.49. The van der Waals surface area contributed by atoms with Crippen LogP contribution in [-0.4, -0.2) is 5.16 Å². The Bertz CT molecular complexity index is 1420. The monoisotopic (exact) mass is 550 g/mol. The molecule has 0 aliphatic heterocycles. The molecule has 1 heterocycles. The normalized spacial score (nSPS) is 19.0. The lowest BCUT2D eigenvalue weighted by atomic mass is 9.68. The van der Waals surface area contributed by atoms with Crippen molar-refractivity contribution in [2.24, 2.45) is 5.14 Å². The minimum atomic E-state index is 0.353. The summed E-state index contributed by atoms with van der Waals surface area (Å²) in [6.07, 6.45) is 4.52. The third-order valence-corrected chi connectivity index (χ3v) is 8.79. The predicted molar refractivity (Wildman–Crippen MR) is 151 cm³/mol. The Kier molecular flexibility index (Phi) is 6.97. The number of aryl methyl sites for hydroxylation is 1. The van der Waals surface area contributed by atoms with Crippen LogP contribution in [0.15, 0.2) is 70.1 Å². The number of nitrogens with two attached hydrogens (primary N) is 1. The Morgan fingerprint density at radius 1 is 0.973 bits per heavy atom. The van der Waals surface area contributed by atoms with E-state index in [-0.39, 0.29) is 0 Å². The largest absolute Gasteiger partial charge is 0.489 e. The molecule has 0 spiro atoms. The lowest BCUT2D eigenvalue weighted by molar-refractivity contribution is 0.299. The van der Waals surface area contributed by atoms with Gasteiger partial charge in [-0.15, -0.1) is 0 Å². The van der Waals surface area contributed by atoms with Crippen molar-refractivity contribution >= 4 is 35.1 Å². The smallest absolute Gasteiger partial charge is 0.147 e. The van der Waals surface area contributed by atoms with E-state index >= 15 is 0 Å². The van der Waals surface area contributed by atoms with Crippen molar-refractivity contribution < 1.29 is 9.26 Å². The first-order valence-corrected chi connectivity index (χ1v) is 14.3. The lowest BCUT2D eigenvalue weighted by Crippen LogP contribution is -2.20. The van der Waals surface area contributed by atoms with E-state index < -0.39 is 0 Å². The number of aromatic nitrogens is 1. The van der Waals surface area contributed by atoms with Gasteiger partial charge in [0.1, 0.15) is 23.8 Å². The average molecular weight is 552 g/mol. The molecule has 7 heteroatoms. The minimum absolute atomic E-state index is 0.353. The van der Waals surface area contributed by atoms with Crippen LogP contribution < -0.4 is 9.88 Å². The summed E-state index contributed by atoms with van der Waals surface area (Å²) >= 11 is 14.3. The molecule has 2 aliphatic carbocycles. The third-order valence-electron chi connectivity index (χ3n) is 7.63. The molecule has 0 unspecified atom stereocenters. The molecule has 4 aromatic rings. The third kappa shape index (κ3) is 5.03. The Balaban J connectivity index is 1.17. The van der Waals surface area contributed by atoms with Crippen LogP contribution in [0.25, 0.3) is 11.3 Å². The number of benzene rings is 3. The van der Waals surface area contributed by atoms with Crippen LogP contribution in [0, 0.1) is 6.92 Å². The maximum Gasteiger partial charge on any atom is 0.147 e. The van der Waals surface area contributed by atoms with E-state index in [1.807, 2.05) is 18.2 Å². The van der Waals surface area contributed by atoms with Gasteiger partial charge in [-0.1, -0.05) is 52.6 Å². The first-order chi connectivity index (χ1) is 18.0. The highest BCUT2D eigenvalue weighted by Gasteiger charge is 2.34. The quantitative estimate of drug-likeness (QED) is 0.221. The SMILES string of the molecule is Cc1cc(OCc2c(-c3c(Cl)cccc3Cl)noc2C2CC2)ccc1C1CC(c2cccc(SN)c2)C1. The van der Waals surface area contributed by atoms with E-state index in [9.17, 15) is 0 Å². The molecule has 0 amide bonds. The zero-order valence-electron chi connectivity index (χ0n) is 20.5. The fourth-order valence-corrected chi connectivity index (χ4v) is 6.32. The van der Waals surface area contributed by atoms with E-state index in [0.717, 1.165) is 47.7 Å². The van der Waals surface area contributed by atoms with Crippen molar-refractivity contribution in [1.82, 2.24) is 5.16 Å². The van der Waals surface area contributed by atoms with Crippen LogP contribution in [0.1, 0.15) is 71.5 Å². The van der Waals surface area contributed by atoms with Crippen LogP contribution in [-0.2, 0) is 6.61 Å². The first kappa shape index (κ1) is 24.9. The van der Waals surface area contributed by atoms with Crippen molar-refractivity contribution in [2.75, 3.05) is 0 Å².